The van der Waals surface area contributed by atoms with Crippen LogP contribution >= 0.6 is 0 Å². The van der Waals surface area contributed by atoms with Crippen LogP contribution in [0.1, 0.15) is 25.3 Å². The summed E-state index contributed by atoms with van der Waals surface area (Å²) >= 11 is 0. The van der Waals surface area contributed by atoms with E-state index < -0.39 is 0 Å². The first kappa shape index (κ1) is 19.3. The number of likely N-dealkylation sites (tertiary alicyclic amines) is 1. The fraction of sp³-hybridized carbons (Fsp3) is 0.550. The van der Waals surface area contributed by atoms with Crippen molar-refractivity contribution < 1.29 is 14.3 Å². The number of hydrogen-bond donors (Lipinski definition) is 1. The van der Waals surface area contributed by atoms with Gasteiger partial charge in [0.1, 0.15) is 6.07 Å². The molecule has 3 rings (SSSR count). The highest BCUT2D eigenvalue weighted by Crippen LogP contribution is 2.22. The average Bonchev–Trinajstić information content (AvgIpc) is 2.73. The molecule has 0 aromatic heterocycles. The highest BCUT2D eigenvalue weighted by Gasteiger charge is 2.32. The molecule has 1 N–H and O–H groups in total. The predicted molar refractivity (Wildman–Crippen MR) is 101 cm³/mol. The molecule has 2 aliphatic heterocycles. The van der Waals surface area contributed by atoms with Crippen LogP contribution in [0.15, 0.2) is 24.3 Å². The fourth-order valence-corrected chi connectivity index (χ4v) is 3.67. The average molecular weight is 370 g/mol. The zero-order valence-corrected chi connectivity index (χ0v) is 15.7. The largest absolute Gasteiger partial charge is 0.378 e. The van der Waals surface area contributed by atoms with E-state index in [0.29, 0.717) is 37.6 Å². The highest BCUT2D eigenvalue weighted by atomic mass is 16.5. The Labute approximate surface area is 159 Å². The normalized spacial score (nSPS) is 19.9. The molecular formula is C20H26N4O3. The van der Waals surface area contributed by atoms with Crippen LogP contribution in [0.5, 0.6) is 0 Å². The van der Waals surface area contributed by atoms with Gasteiger partial charge >= 0.3 is 0 Å². The first-order valence-electron chi connectivity index (χ1n) is 9.50. The van der Waals surface area contributed by atoms with Crippen LogP contribution in [0.2, 0.25) is 0 Å². The third-order valence-electron chi connectivity index (χ3n) is 5.43. The second kappa shape index (κ2) is 8.98. The maximum absolute atomic E-state index is 12.6. The van der Waals surface area contributed by atoms with E-state index in [2.05, 4.69) is 16.3 Å². The van der Waals surface area contributed by atoms with Gasteiger partial charge in [-0.05, 0) is 45.0 Å². The van der Waals surface area contributed by atoms with Gasteiger partial charge in [-0.3, -0.25) is 14.5 Å². The summed E-state index contributed by atoms with van der Waals surface area (Å²) in [5, 5.41) is 12.0. The Morgan fingerprint density at radius 2 is 1.85 bits per heavy atom. The minimum absolute atomic E-state index is 0.0360. The SMILES string of the molecule is C[C@@H](C(=O)Nc1ccccc1C#N)N1CCC(C(=O)N2CCOCC2)CC1. The van der Waals surface area contributed by atoms with E-state index >= 15 is 0 Å². The van der Waals surface area contributed by atoms with Crippen LogP contribution < -0.4 is 5.32 Å². The van der Waals surface area contributed by atoms with Gasteiger partial charge in [0, 0.05) is 19.0 Å². The number of nitriles is 1. The number of anilines is 1. The molecule has 1 aromatic rings. The summed E-state index contributed by atoms with van der Waals surface area (Å²) in [6.07, 6.45) is 1.53. The molecule has 0 bridgehead atoms. The molecule has 27 heavy (non-hydrogen) atoms. The van der Waals surface area contributed by atoms with E-state index in [1.54, 1.807) is 24.3 Å². The number of carbonyl (C=O) groups is 2. The zero-order valence-electron chi connectivity index (χ0n) is 15.7. The minimum atomic E-state index is -0.309. The third kappa shape index (κ3) is 4.65. The lowest BCUT2D eigenvalue weighted by Gasteiger charge is -2.37. The fourth-order valence-electron chi connectivity index (χ4n) is 3.67. The van der Waals surface area contributed by atoms with E-state index in [1.165, 1.54) is 0 Å². The van der Waals surface area contributed by atoms with Gasteiger partial charge in [-0.1, -0.05) is 12.1 Å². The molecule has 1 aromatic carbocycles. The van der Waals surface area contributed by atoms with Crippen LogP contribution in [0, 0.1) is 17.2 Å². The Morgan fingerprint density at radius 3 is 2.52 bits per heavy atom. The molecule has 0 unspecified atom stereocenters. The monoisotopic (exact) mass is 370 g/mol. The lowest BCUT2D eigenvalue weighted by molar-refractivity contribution is -0.141. The van der Waals surface area contributed by atoms with Gasteiger partial charge in [-0.15, -0.1) is 0 Å². The molecule has 1 atom stereocenters. The van der Waals surface area contributed by atoms with Crippen molar-refractivity contribution in [3.05, 3.63) is 29.8 Å². The number of para-hydroxylation sites is 1. The first-order chi connectivity index (χ1) is 13.1. The van der Waals surface area contributed by atoms with Crippen LogP contribution in [-0.4, -0.2) is 67.0 Å². The van der Waals surface area contributed by atoms with Crippen molar-refractivity contribution in [3.8, 4) is 6.07 Å². The number of rotatable bonds is 4. The smallest absolute Gasteiger partial charge is 0.241 e. The first-order valence-corrected chi connectivity index (χ1v) is 9.50. The number of benzene rings is 1. The Hall–Kier alpha value is -2.43. The summed E-state index contributed by atoms with van der Waals surface area (Å²) in [5.74, 6) is 0.127. The van der Waals surface area contributed by atoms with Gasteiger partial charge in [-0.25, -0.2) is 0 Å². The summed E-state index contributed by atoms with van der Waals surface area (Å²) in [6.45, 7) is 5.89. The molecule has 0 radical (unpaired) electrons. The number of hydrogen-bond acceptors (Lipinski definition) is 5. The zero-order chi connectivity index (χ0) is 19.2. The molecule has 2 saturated heterocycles. The number of amides is 2. The van der Waals surface area contributed by atoms with Gasteiger partial charge in [0.05, 0.1) is 30.5 Å². The van der Waals surface area contributed by atoms with Crippen LogP contribution in [-0.2, 0) is 14.3 Å². The van der Waals surface area contributed by atoms with E-state index in [9.17, 15) is 9.59 Å². The number of morpholine rings is 1. The molecule has 0 spiro atoms. The summed E-state index contributed by atoms with van der Waals surface area (Å²) < 4.78 is 5.31. The molecule has 2 fully saturated rings. The van der Waals surface area contributed by atoms with Crippen molar-refractivity contribution in [1.29, 1.82) is 5.26 Å². The minimum Gasteiger partial charge on any atom is -0.378 e. The molecule has 144 valence electrons. The third-order valence-corrected chi connectivity index (χ3v) is 5.43. The second-order valence-corrected chi connectivity index (χ2v) is 7.07. The van der Waals surface area contributed by atoms with Gasteiger partial charge < -0.3 is 15.0 Å². The summed E-state index contributed by atoms with van der Waals surface area (Å²) in [6, 6.07) is 8.76. The quantitative estimate of drug-likeness (QED) is 0.867. The number of nitrogens with zero attached hydrogens (tertiary/aromatic N) is 3. The molecular weight excluding hydrogens is 344 g/mol. The summed E-state index contributed by atoms with van der Waals surface area (Å²) in [5.41, 5.74) is 0.988. The second-order valence-electron chi connectivity index (χ2n) is 7.07. The van der Waals surface area contributed by atoms with Crippen LogP contribution in [0.4, 0.5) is 5.69 Å². The summed E-state index contributed by atoms with van der Waals surface area (Å²) in [7, 11) is 0. The molecule has 0 aliphatic carbocycles. The van der Waals surface area contributed by atoms with Gasteiger partial charge in [0.15, 0.2) is 0 Å². The molecule has 2 aliphatic rings. The van der Waals surface area contributed by atoms with Crippen molar-refractivity contribution in [3.63, 3.8) is 0 Å². The molecule has 7 heteroatoms. The number of ether oxygens (including phenoxy) is 1. The van der Waals surface area contributed by atoms with Crippen molar-refractivity contribution >= 4 is 17.5 Å². The summed E-state index contributed by atoms with van der Waals surface area (Å²) in [4.78, 5) is 29.2. The standard InChI is InChI=1S/C20H26N4O3/c1-15(19(25)22-18-5-3-2-4-17(18)14-21)23-8-6-16(7-9-23)20(26)24-10-12-27-13-11-24/h2-5,15-16H,6-13H2,1H3,(H,22,25)/t15-/m0/s1. The topological polar surface area (TPSA) is 85.7 Å². The number of carbonyl (C=O) groups excluding carboxylic acids is 2. The van der Waals surface area contributed by atoms with Gasteiger partial charge in [0.2, 0.25) is 11.8 Å². The maximum atomic E-state index is 12.6. The van der Waals surface area contributed by atoms with E-state index in [0.717, 1.165) is 25.9 Å². The molecule has 2 heterocycles. The van der Waals surface area contributed by atoms with Crippen LogP contribution in [0.3, 0.4) is 0 Å². The lowest BCUT2D eigenvalue weighted by atomic mass is 9.94. The Balaban J connectivity index is 1.52. The molecule has 2 amide bonds. The van der Waals surface area contributed by atoms with Gasteiger partial charge in [-0.2, -0.15) is 5.26 Å². The van der Waals surface area contributed by atoms with E-state index in [4.69, 9.17) is 10.00 Å². The maximum Gasteiger partial charge on any atom is 0.241 e. The predicted octanol–water partition coefficient (Wildman–Crippen LogP) is 1.46. The number of nitrogens with one attached hydrogen (secondary N) is 1. The Bertz CT molecular complexity index is 716. The Kier molecular flexibility index (Phi) is 6.43. The molecule has 7 nitrogen and oxygen atoms in total. The number of piperidine rings is 1. The Morgan fingerprint density at radius 1 is 1.19 bits per heavy atom. The van der Waals surface area contributed by atoms with E-state index in [1.807, 2.05) is 11.8 Å². The van der Waals surface area contributed by atoms with Crippen LogP contribution in [0.25, 0.3) is 0 Å². The molecule has 0 saturated carbocycles. The van der Waals surface area contributed by atoms with E-state index in [-0.39, 0.29) is 23.8 Å². The van der Waals surface area contributed by atoms with Crippen molar-refractivity contribution in [2.24, 2.45) is 5.92 Å². The van der Waals surface area contributed by atoms with Crippen molar-refractivity contribution in [2.75, 3.05) is 44.7 Å². The highest BCUT2D eigenvalue weighted by molar-refractivity contribution is 5.95. The van der Waals surface area contributed by atoms with Crippen molar-refractivity contribution in [2.45, 2.75) is 25.8 Å². The lowest BCUT2D eigenvalue weighted by Crippen LogP contribution is -2.50. The van der Waals surface area contributed by atoms with Gasteiger partial charge in [0.25, 0.3) is 0 Å². The van der Waals surface area contributed by atoms with Crippen molar-refractivity contribution in [1.82, 2.24) is 9.80 Å².